The summed E-state index contributed by atoms with van der Waals surface area (Å²) in [6.45, 7) is 2.11. The number of amides is 1. The summed E-state index contributed by atoms with van der Waals surface area (Å²) in [5.74, 6) is -2.37. The lowest BCUT2D eigenvalue weighted by Gasteiger charge is -2.21. The third kappa shape index (κ3) is 2.10. The highest BCUT2D eigenvalue weighted by Crippen LogP contribution is 2.66. The summed E-state index contributed by atoms with van der Waals surface area (Å²) in [5.41, 5.74) is 0. The van der Waals surface area contributed by atoms with Crippen LogP contribution in [-0.4, -0.2) is 21.6 Å². The normalized spacial score (nSPS) is 40.4. The summed E-state index contributed by atoms with van der Waals surface area (Å²) in [6.07, 6.45) is 6.40. The number of halogens is 2. The van der Waals surface area contributed by atoms with Gasteiger partial charge in [0, 0.05) is 17.8 Å². The first kappa shape index (κ1) is 14.2. The molecule has 0 aromatic rings. The molecule has 2 nitrogen and oxygen atoms in total. The highest BCUT2D eigenvalue weighted by molar-refractivity contribution is 8.16. The maximum Gasteiger partial charge on any atom is 0.263 e. The van der Waals surface area contributed by atoms with Crippen LogP contribution < -0.4 is 0 Å². The molecule has 116 valence electrons. The largest absolute Gasteiger partial charge is 0.271 e. The molecule has 3 fully saturated rings. The fourth-order valence-corrected chi connectivity index (χ4v) is 6.10. The molecule has 1 heterocycles. The Labute approximate surface area is 128 Å². The van der Waals surface area contributed by atoms with E-state index in [1.165, 1.54) is 0 Å². The molecular formula is C16H21F2NOS. The molecule has 0 aromatic heterocycles. The number of fused-ring (bicyclic) bond motifs is 1. The highest BCUT2D eigenvalue weighted by Gasteiger charge is 2.71. The van der Waals surface area contributed by atoms with Crippen molar-refractivity contribution in [1.29, 1.82) is 0 Å². The number of nitrogens with zero attached hydrogens (tertiary/aromatic N) is 1. The molecule has 5 heteroatoms. The van der Waals surface area contributed by atoms with Gasteiger partial charge in [-0.3, -0.25) is 4.79 Å². The van der Waals surface area contributed by atoms with Crippen molar-refractivity contribution >= 4 is 22.7 Å². The van der Waals surface area contributed by atoms with Crippen LogP contribution in [0.3, 0.4) is 0 Å². The van der Waals surface area contributed by atoms with Crippen molar-refractivity contribution in [3.8, 4) is 0 Å². The van der Waals surface area contributed by atoms with E-state index in [1.807, 2.05) is 0 Å². The third-order valence-electron chi connectivity index (χ3n) is 5.96. The lowest BCUT2D eigenvalue weighted by molar-refractivity contribution is -0.119. The van der Waals surface area contributed by atoms with E-state index in [-0.39, 0.29) is 28.4 Å². The minimum atomic E-state index is -2.37. The second-order valence-electron chi connectivity index (χ2n) is 7.42. The van der Waals surface area contributed by atoms with Gasteiger partial charge in [0.2, 0.25) is 0 Å². The molecule has 0 radical (unpaired) electrons. The first-order valence-electron chi connectivity index (χ1n) is 8.12. The smallest absolute Gasteiger partial charge is 0.263 e. The van der Waals surface area contributed by atoms with Crippen LogP contribution in [0.5, 0.6) is 0 Å². The Kier molecular flexibility index (Phi) is 3.05. The Bertz CT molecular complexity index is 498. The molecular weight excluding hydrogens is 292 g/mol. The number of alkyl halides is 2. The Balaban J connectivity index is 1.35. The fourth-order valence-electron chi connectivity index (χ4n) is 4.65. The molecule has 4 aliphatic rings. The van der Waals surface area contributed by atoms with Crippen molar-refractivity contribution in [2.24, 2.45) is 28.7 Å². The van der Waals surface area contributed by atoms with E-state index in [4.69, 9.17) is 0 Å². The second kappa shape index (κ2) is 4.53. The summed E-state index contributed by atoms with van der Waals surface area (Å²) in [7, 11) is 0. The van der Waals surface area contributed by atoms with E-state index in [9.17, 15) is 13.6 Å². The minimum absolute atomic E-state index is 0.0626. The quantitative estimate of drug-likeness (QED) is 0.778. The number of carbonyl (C=O) groups is 1. The molecule has 0 saturated heterocycles. The molecule has 1 spiro atoms. The number of thioether (sulfide) groups is 1. The summed E-state index contributed by atoms with van der Waals surface area (Å²) < 4.78 is 26.2. The van der Waals surface area contributed by atoms with Gasteiger partial charge in [-0.25, -0.2) is 13.8 Å². The number of aliphatic imine (C=N–C) groups is 1. The van der Waals surface area contributed by atoms with Crippen LogP contribution in [0, 0.1) is 23.7 Å². The van der Waals surface area contributed by atoms with Crippen molar-refractivity contribution in [3.05, 3.63) is 0 Å². The van der Waals surface area contributed by atoms with Gasteiger partial charge in [-0.15, -0.1) is 0 Å². The van der Waals surface area contributed by atoms with Crippen LogP contribution in [0.1, 0.15) is 51.9 Å². The van der Waals surface area contributed by atoms with Gasteiger partial charge in [0.1, 0.15) is 4.75 Å². The van der Waals surface area contributed by atoms with Crippen molar-refractivity contribution in [1.82, 2.24) is 0 Å². The van der Waals surface area contributed by atoms with Gasteiger partial charge in [0.15, 0.2) is 0 Å². The minimum Gasteiger partial charge on any atom is -0.271 e. The van der Waals surface area contributed by atoms with Crippen LogP contribution in [0.15, 0.2) is 4.99 Å². The molecule has 0 aromatic carbocycles. The van der Waals surface area contributed by atoms with E-state index in [0.29, 0.717) is 18.8 Å². The Morgan fingerprint density at radius 1 is 1.29 bits per heavy atom. The summed E-state index contributed by atoms with van der Waals surface area (Å²) in [6, 6.07) is 0. The molecule has 1 amide bonds. The number of hydrogen-bond acceptors (Lipinski definition) is 2. The lowest BCUT2D eigenvalue weighted by atomic mass is 9.92. The van der Waals surface area contributed by atoms with Gasteiger partial charge in [-0.05, 0) is 38.0 Å². The topological polar surface area (TPSA) is 29.4 Å². The van der Waals surface area contributed by atoms with Crippen LogP contribution in [0.25, 0.3) is 0 Å². The summed E-state index contributed by atoms with van der Waals surface area (Å²) in [5, 5.41) is 0.967. The molecule has 3 saturated carbocycles. The predicted molar refractivity (Wildman–Crippen MR) is 79.7 cm³/mol. The molecule has 3 aliphatic carbocycles. The fraction of sp³-hybridized carbons (Fsp3) is 0.875. The monoisotopic (exact) mass is 313 g/mol. The van der Waals surface area contributed by atoms with E-state index in [1.54, 1.807) is 11.8 Å². The van der Waals surface area contributed by atoms with E-state index >= 15 is 0 Å². The zero-order valence-corrected chi connectivity index (χ0v) is 13.1. The van der Waals surface area contributed by atoms with E-state index < -0.39 is 5.92 Å². The van der Waals surface area contributed by atoms with Gasteiger partial charge in [0.25, 0.3) is 11.8 Å². The lowest BCUT2D eigenvalue weighted by Crippen LogP contribution is -2.27. The zero-order valence-electron chi connectivity index (χ0n) is 12.3. The molecule has 2 unspecified atom stereocenters. The van der Waals surface area contributed by atoms with E-state index in [0.717, 1.165) is 37.1 Å². The Morgan fingerprint density at radius 3 is 2.52 bits per heavy atom. The molecule has 3 atom stereocenters. The Morgan fingerprint density at radius 2 is 1.90 bits per heavy atom. The number of rotatable bonds is 3. The number of hydrogen-bond donors (Lipinski definition) is 0. The molecule has 21 heavy (non-hydrogen) atoms. The van der Waals surface area contributed by atoms with Crippen LogP contribution >= 0.6 is 11.8 Å². The maximum absolute atomic E-state index is 13.2. The van der Waals surface area contributed by atoms with E-state index in [2.05, 4.69) is 11.9 Å². The van der Waals surface area contributed by atoms with Crippen molar-refractivity contribution < 1.29 is 13.6 Å². The van der Waals surface area contributed by atoms with Crippen LogP contribution in [0.2, 0.25) is 0 Å². The highest BCUT2D eigenvalue weighted by atomic mass is 32.2. The average Bonchev–Trinajstić information content (AvgIpc) is 2.96. The molecule has 4 rings (SSSR count). The van der Waals surface area contributed by atoms with Gasteiger partial charge in [-0.1, -0.05) is 31.5 Å². The van der Waals surface area contributed by atoms with Crippen molar-refractivity contribution in [2.45, 2.75) is 62.5 Å². The van der Waals surface area contributed by atoms with Gasteiger partial charge in [-0.2, -0.15) is 0 Å². The second-order valence-corrected chi connectivity index (χ2v) is 8.82. The van der Waals surface area contributed by atoms with Crippen molar-refractivity contribution in [3.63, 3.8) is 0 Å². The SMILES string of the molecule is C[C@H](CC1CC2C(C1)C2(F)F)C1=NC(=O)C2(CCCC2)S1. The summed E-state index contributed by atoms with van der Waals surface area (Å²) in [4.78, 5) is 16.5. The van der Waals surface area contributed by atoms with Crippen LogP contribution in [-0.2, 0) is 4.79 Å². The first-order chi connectivity index (χ1) is 9.92. The predicted octanol–water partition coefficient (Wildman–Crippen LogP) is 4.29. The molecule has 0 bridgehead atoms. The average molecular weight is 313 g/mol. The van der Waals surface area contributed by atoms with Gasteiger partial charge in [0.05, 0.1) is 5.04 Å². The molecule has 1 aliphatic heterocycles. The third-order valence-corrected chi connectivity index (χ3v) is 7.64. The summed E-state index contributed by atoms with van der Waals surface area (Å²) >= 11 is 1.68. The van der Waals surface area contributed by atoms with Gasteiger partial charge >= 0.3 is 0 Å². The number of carbonyl (C=O) groups excluding carboxylic acids is 1. The van der Waals surface area contributed by atoms with Gasteiger partial charge < -0.3 is 0 Å². The van der Waals surface area contributed by atoms with Crippen LogP contribution in [0.4, 0.5) is 8.78 Å². The molecule has 0 N–H and O–H groups in total. The first-order valence-corrected chi connectivity index (χ1v) is 8.94. The van der Waals surface area contributed by atoms with Crippen molar-refractivity contribution in [2.75, 3.05) is 0 Å². The maximum atomic E-state index is 13.2. The Hall–Kier alpha value is -0.450. The zero-order chi connectivity index (χ0) is 14.8. The standard InChI is InChI=1S/C16H21F2NOS/c1-9(6-10-7-11-12(8-10)16(11,17)18)13-19-14(20)15(21-13)4-2-3-5-15/h9-12H,2-8H2,1H3/t9-,10?,11?,12?/m1/s1.